The zero-order chi connectivity index (χ0) is 8.55. The second-order valence-electron chi connectivity index (χ2n) is 2.64. The van der Waals surface area contributed by atoms with Gasteiger partial charge in [-0.15, -0.1) is 0 Å². The Hall–Kier alpha value is -0.580. The number of fused-ring (bicyclic) bond motifs is 1. The monoisotopic (exact) mass is 274 g/mol. The fourth-order valence-electron chi connectivity index (χ4n) is 1.20. The summed E-state index contributed by atoms with van der Waals surface area (Å²) in [4.78, 5) is 11.5. The van der Waals surface area contributed by atoms with E-state index in [1.165, 1.54) is 0 Å². The van der Waals surface area contributed by atoms with Crippen LogP contribution in [0.1, 0.15) is 10.4 Å². The molecule has 0 fully saturated rings. The summed E-state index contributed by atoms with van der Waals surface area (Å²) in [6, 6.07) is 7.37. The predicted octanol–water partition coefficient (Wildman–Crippen LogP) is 2.07. The number of carbonyl (C=O) groups is 1. The van der Waals surface area contributed by atoms with Crippen LogP contribution in [0.25, 0.3) is 0 Å². The molecule has 0 saturated heterocycles. The first-order valence-corrected chi connectivity index (χ1v) is 4.94. The van der Waals surface area contributed by atoms with Crippen LogP contribution in [0.15, 0.2) is 24.3 Å². The van der Waals surface area contributed by atoms with E-state index in [1.807, 2.05) is 24.3 Å². The van der Waals surface area contributed by atoms with E-state index in [9.17, 15) is 4.79 Å². The number of hydrogen-bond donors (Lipinski definition) is 0. The van der Waals surface area contributed by atoms with E-state index in [0.717, 1.165) is 5.75 Å². The zero-order valence-corrected chi connectivity index (χ0v) is 8.45. The number of ether oxygens (including phenoxy) is 1. The van der Waals surface area contributed by atoms with Gasteiger partial charge in [0.2, 0.25) is 0 Å². The van der Waals surface area contributed by atoms with E-state index < -0.39 is 0 Å². The van der Waals surface area contributed by atoms with Gasteiger partial charge < -0.3 is 4.74 Å². The average Bonchev–Trinajstić information content (AvgIpc) is 2.12. The van der Waals surface area contributed by atoms with Crippen molar-refractivity contribution in [2.45, 2.75) is 3.92 Å². The lowest BCUT2D eigenvalue weighted by Gasteiger charge is -2.19. The molecule has 2 nitrogen and oxygen atoms in total. The Bertz CT molecular complexity index is 322. The van der Waals surface area contributed by atoms with E-state index in [1.54, 1.807) is 0 Å². The Morgan fingerprint density at radius 1 is 1.42 bits per heavy atom. The fourth-order valence-corrected chi connectivity index (χ4v) is 1.72. The topological polar surface area (TPSA) is 26.3 Å². The van der Waals surface area contributed by atoms with Gasteiger partial charge in [0.05, 0.1) is 5.56 Å². The van der Waals surface area contributed by atoms with Crippen LogP contribution in [0.3, 0.4) is 0 Å². The van der Waals surface area contributed by atoms with Crippen molar-refractivity contribution in [2.24, 2.45) is 0 Å². The van der Waals surface area contributed by atoms with Gasteiger partial charge in [-0.25, -0.2) is 0 Å². The van der Waals surface area contributed by atoms with Crippen molar-refractivity contribution in [3.05, 3.63) is 29.8 Å². The third kappa shape index (κ3) is 1.22. The number of carbonyl (C=O) groups excluding carboxylic acids is 1. The molecule has 1 atom stereocenters. The highest BCUT2D eigenvalue weighted by molar-refractivity contribution is 14.1. The van der Waals surface area contributed by atoms with Gasteiger partial charge in [0.25, 0.3) is 0 Å². The van der Waals surface area contributed by atoms with Gasteiger partial charge in [-0.2, -0.15) is 0 Å². The van der Waals surface area contributed by atoms with Gasteiger partial charge in [0, 0.05) is 0 Å². The van der Waals surface area contributed by atoms with Crippen molar-refractivity contribution in [3.63, 3.8) is 0 Å². The molecule has 1 aromatic carbocycles. The summed E-state index contributed by atoms with van der Waals surface area (Å²) in [6.07, 6.45) is 0. The second kappa shape index (κ2) is 3.05. The third-order valence-electron chi connectivity index (χ3n) is 1.82. The van der Waals surface area contributed by atoms with Gasteiger partial charge in [0.15, 0.2) is 5.78 Å². The van der Waals surface area contributed by atoms with Gasteiger partial charge in [-0.05, 0) is 12.1 Å². The zero-order valence-electron chi connectivity index (χ0n) is 6.29. The number of ketones is 1. The summed E-state index contributed by atoms with van der Waals surface area (Å²) in [5, 5.41) is 0. The highest BCUT2D eigenvalue weighted by Gasteiger charge is 2.25. The molecule has 0 aliphatic carbocycles. The van der Waals surface area contributed by atoms with Crippen LogP contribution in [0.2, 0.25) is 0 Å². The van der Waals surface area contributed by atoms with Gasteiger partial charge in [0.1, 0.15) is 16.3 Å². The Morgan fingerprint density at radius 3 is 3.00 bits per heavy atom. The molecule has 1 heterocycles. The summed E-state index contributed by atoms with van der Waals surface area (Å²) in [5.74, 6) is 0.896. The highest BCUT2D eigenvalue weighted by Crippen LogP contribution is 2.26. The number of rotatable bonds is 0. The van der Waals surface area contributed by atoms with Crippen molar-refractivity contribution in [2.75, 3.05) is 6.61 Å². The van der Waals surface area contributed by atoms with Crippen molar-refractivity contribution in [1.29, 1.82) is 0 Å². The van der Waals surface area contributed by atoms with E-state index in [4.69, 9.17) is 4.74 Å². The van der Waals surface area contributed by atoms with E-state index >= 15 is 0 Å². The first-order chi connectivity index (χ1) is 5.79. The molecular weight excluding hydrogens is 267 g/mol. The molecule has 12 heavy (non-hydrogen) atoms. The largest absolute Gasteiger partial charge is 0.491 e. The normalized spacial score (nSPS) is 21.4. The molecule has 0 radical (unpaired) electrons. The lowest BCUT2D eigenvalue weighted by molar-refractivity contribution is 0.0950. The van der Waals surface area contributed by atoms with Gasteiger partial charge >= 0.3 is 0 Å². The maximum atomic E-state index is 11.5. The molecule has 0 bridgehead atoms. The Labute approximate surface area is 84.1 Å². The number of halogens is 1. The molecule has 0 amide bonds. The molecule has 1 unspecified atom stereocenters. The molecule has 3 heteroatoms. The Kier molecular flexibility index (Phi) is 2.04. The van der Waals surface area contributed by atoms with E-state index in [-0.39, 0.29) is 9.71 Å². The van der Waals surface area contributed by atoms with Crippen molar-refractivity contribution < 1.29 is 9.53 Å². The second-order valence-corrected chi connectivity index (χ2v) is 4.14. The Balaban J connectivity index is 2.49. The minimum absolute atomic E-state index is 0.0301. The first-order valence-electron chi connectivity index (χ1n) is 3.69. The SMILES string of the molecule is O=C1c2ccccc2OCC1I. The standard InChI is InChI=1S/C9H7IO2/c10-7-5-12-8-4-2-1-3-6(8)9(7)11/h1-4,7H,5H2. The van der Waals surface area contributed by atoms with E-state index in [2.05, 4.69) is 22.6 Å². The van der Waals surface area contributed by atoms with Crippen LogP contribution >= 0.6 is 22.6 Å². The Morgan fingerprint density at radius 2 is 2.17 bits per heavy atom. The van der Waals surface area contributed by atoms with Crippen LogP contribution in [0.4, 0.5) is 0 Å². The van der Waals surface area contributed by atoms with Crippen molar-refractivity contribution in [3.8, 4) is 5.75 Å². The molecule has 2 rings (SSSR count). The highest BCUT2D eigenvalue weighted by atomic mass is 127. The predicted molar refractivity (Wildman–Crippen MR) is 54.1 cm³/mol. The molecule has 1 aliphatic rings. The summed E-state index contributed by atoms with van der Waals surface area (Å²) in [6.45, 7) is 0.496. The summed E-state index contributed by atoms with van der Waals surface area (Å²) in [7, 11) is 0. The van der Waals surface area contributed by atoms with Crippen molar-refractivity contribution >= 4 is 28.4 Å². The molecule has 0 spiro atoms. The average molecular weight is 274 g/mol. The van der Waals surface area contributed by atoms with Gasteiger partial charge in [-0.3, -0.25) is 4.79 Å². The van der Waals surface area contributed by atoms with Crippen LogP contribution in [-0.2, 0) is 0 Å². The maximum Gasteiger partial charge on any atom is 0.182 e. The molecule has 1 aliphatic heterocycles. The molecule has 62 valence electrons. The molecule has 0 N–H and O–H groups in total. The quantitative estimate of drug-likeness (QED) is 0.534. The number of Topliss-reactive ketones (excluding diaryl/α,β-unsaturated/α-hetero) is 1. The molecule has 0 aromatic heterocycles. The summed E-state index contributed by atoms with van der Waals surface area (Å²) >= 11 is 2.11. The van der Waals surface area contributed by atoms with Crippen LogP contribution in [0, 0.1) is 0 Å². The lowest BCUT2D eigenvalue weighted by Crippen LogP contribution is -2.27. The third-order valence-corrected chi connectivity index (χ3v) is 2.75. The van der Waals surface area contributed by atoms with Crippen LogP contribution < -0.4 is 4.74 Å². The number of benzene rings is 1. The number of para-hydroxylation sites is 1. The molecular formula is C9H7IO2. The number of hydrogen-bond acceptors (Lipinski definition) is 2. The van der Waals surface area contributed by atoms with Crippen molar-refractivity contribution in [1.82, 2.24) is 0 Å². The fraction of sp³-hybridized carbons (Fsp3) is 0.222. The maximum absolute atomic E-state index is 11.5. The minimum atomic E-state index is -0.0301. The summed E-state index contributed by atoms with van der Waals surface area (Å²) in [5.41, 5.74) is 0.711. The smallest absolute Gasteiger partial charge is 0.182 e. The molecule has 1 aromatic rings. The van der Waals surface area contributed by atoms with E-state index in [0.29, 0.717) is 12.2 Å². The van der Waals surface area contributed by atoms with Crippen LogP contribution in [0.5, 0.6) is 5.75 Å². The van der Waals surface area contributed by atoms with Gasteiger partial charge in [-0.1, -0.05) is 34.7 Å². The summed E-state index contributed by atoms with van der Waals surface area (Å²) < 4.78 is 5.35. The van der Waals surface area contributed by atoms with Crippen LogP contribution in [-0.4, -0.2) is 16.3 Å². The first kappa shape index (κ1) is 8.04. The molecule has 0 saturated carbocycles. The lowest BCUT2D eigenvalue weighted by atomic mass is 10.1. The minimum Gasteiger partial charge on any atom is -0.491 e. The number of alkyl halides is 1.